The molecule has 0 aliphatic rings. The zero-order valence-corrected chi connectivity index (χ0v) is 12.1. The minimum atomic E-state index is -4.38. The molecule has 118 valence electrons. The Balaban J connectivity index is 2.56. The summed E-state index contributed by atoms with van der Waals surface area (Å²) in [6, 6.07) is 3.90. The number of benzene rings is 1. The average molecular weight is 304 g/mol. The van der Waals surface area contributed by atoms with E-state index in [1.165, 1.54) is 12.1 Å². The Kier molecular flexibility index (Phi) is 5.22. The van der Waals surface area contributed by atoms with E-state index in [-0.39, 0.29) is 6.54 Å². The maximum absolute atomic E-state index is 12.4. The molecule has 0 fully saturated rings. The minimum Gasteiger partial charge on any atom is -0.444 e. The molecule has 0 saturated carbocycles. The van der Waals surface area contributed by atoms with E-state index in [4.69, 9.17) is 10.5 Å². The topological polar surface area (TPSA) is 64.3 Å². The van der Waals surface area contributed by atoms with Crippen LogP contribution in [0.3, 0.4) is 0 Å². The molecule has 0 aromatic heterocycles. The molecule has 1 unspecified atom stereocenters. The molecule has 1 amide bonds. The van der Waals surface area contributed by atoms with Crippen LogP contribution in [0.5, 0.6) is 0 Å². The Bertz CT molecular complexity index is 478. The van der Waals surface area contributed by atoms with Crippen molar-refractivity contribution in [2.45, 2.75) is 38.6 Å². The normalized spacial score (nSPS) is 13.7. The molecule has 0 aliphatic carbocycles. The number of nitrogens with one attached hydrogen (secondary N) is 1. The van der Waals surface area contributed by atoms with E-state index < -0.39 is 29.5 Å². The summed E-state index contributed by atoms with van der Waals surface area (Å²) < 4.78 is 42.3. The molecule has 0 saturated heterocycles. The number of rotatable bonds is 3. The second kappa shape index (κ2) is 6.34. The Hall–Kier alpha value is -1.76. The van der Waals surface area contributed by atoms with Gasteiger partial charge in [0.2, 0.25) is 0 Å². The van der Waals surface area contributed by atoms with Crippen LogP contribution in [0.1, 0.15) is 37.9 Å². The van der Waals surface area contributed by atoms with Crippen LogP contribution in [0.4, 0.5) is 18.0 Å². The Morgan fingerprint density at radius 2 is 1.76 bits per heavy atom. The van der Waals surface area contributed by atoms with Crippen LogP contribution in [-0.4, -0.2) is 18.2 Å². The maximum Gasteiger partial charge on any atom is 0.416 e. The van der Waals surface area contributed by atoms with E-state index in [0.29, 0.717) is 5.56 Å². The zero-order chi connectivity index (χ0) is 16.3. The Morgan fingerprint density at radius 3 is 2.19 bits per heavy atom. The molecule has 4 nitrogen and oxygen atoms in total. The second-order valence-electron chi connectivity index (χ2n) is 5.61. The van der Waals surface area contributed by atoms with Crippen LogP contribution in [0.25, 0.3) is 0 Å². The molecule has 3 N–H and O–H groups in total. The van der Waals surface area contributed by atoms with Crippen molar-refractivity contribution < 1.29 is 22.7 Å². The SMILES string of the molecule is CC(C)(C)OC(=O)NCC(N)c1ccc(C(F)(F)F)cc1. The van der Waals surface area contributed by atoms with Crippen molar-refractivity contribution in [1.82, 2.24) is 5.32 Å². The first-order chi connectivity index (χ1) is 9.49. The highest BCUT2D eigenvalue weighted by molar-refractivity contribution is 5.67. The largest absolute Gasteiger partial charge is 0.444 e. The second-order valence-corrected chi connectivity index (χ2v) is 5.61. The zero-order valence-electron chi connectivity index (χ0n) is 12.1. The fraction of sp³-hybridized carbons (Fsp3) is 0.500. The van der Waals surface area contributed by atoms with Crippen molar-refractivity contribution in [3.63, 3.8) is 0 Å². The number of nitrogens with two attached hydrogens (primary N) is 1. The third-order valence-corrected chi connectivity index (χ3v) is 2.53. The van der Waals surface area contributed by atoms with Gasteiger partial charge in [-0.25, -0.2) is 4.79 Å². The van der Waals surface area contributed by atoms with Gasteiger partial charge in [-0.2, -0.15) is 13.2 Å². The van der Waals surface area contributed by atoms with Gasteiger partial charge in [0.05, 0.1) is 5.56 Å². The van der Waals surface area contributed by atoms with Crippen molar-refractivity contribution in [2.24, 2.45) is 5.73 Å². The molecule has 0 spiro atoms. The fourth-order valence-electron chi connectivity index (χ4n) is 1.54. The Morgan fingerprint density at radius 1 is 1.24 bits per heavy atom. The maximum atomic E-state index is 12.4. The number of halogens is 3. The molecule has 1 rings (SSSR count). The van der Waals surface area contributed by atoms with E-state index >= 15 is 0 Å². The van der Waals surface area contributed by atoms with Crippen LogP contribution < -0.4 is 11.1 Å². The molecule has 1 atom stereocenters. The molecular weight excluding hydrogens is 285 g/mol. The van der Waals surface area contributed by atoms with Crippen molar-refractivity contribution >= 4 is 6.09 Å². The lowest BCUT2D eigenvalue weighted by Crippen LogP contribution is -2.36. The summed E-state index contributed by atoms with van der Waals surface area (Å²) >= 11 is 0. The molecule has 0 radical (unpaired) electrons. The van der Waals surface area contributed by atoms with E-state index in [2.05, 4.69) is 5.32 Å². The van der Waals surface area contributed by atoms with Gasteiger partial charge in [-0.3, -0.25) is 0 Å². The van der Waals surface area contributed by atoms with Crippen molar-refractivity contribution in [3.8, 4) is 0 Å². The van der Waals surface area contributed by atoms with E-state index in [0.717, 1.165) is 12.1 Å². The number of alkyl halides is 3. The predicted octanol–water partition coefficient (Wildman–Crippen LogP) is 3.23. The summed E-state index contributed by atoms with van der Waals surface area (Å²) in [5, 5.41) is 2.47. The number of ether oxygens (including phenoxy) is 1. The molecule has 7 heteroatoms. The van der Waals surface area contributed by atoms with Crippen LogP contribution in [0.2, 0.25) is 0 Å². The standard InChI is InChI=1S/C14H19F3N2O2/c1-13(2,3)21-12(20)19-8-11(18)9-4-6-10(7-5-9)14(15,16)17/h4-7,11H,8,18H2,1-3H3,(H,19,20). The smallest absolute Gasteiger partial charge is 0.416 e. The van der Waals surface area contributed by atoms with Crippen LogP contribution >= 0.6 is 0 Å². The lowest BCUT2D eigenvalue weighted by atomic mass is 10.1. The quantitative estimate of drug-likeness (QED) is 0.901. The first-order valence-electron chi connectivity index (χ1n) is 6.38. The molecule has 0 bridgehead atoms. The number of carbonyl (C=O) groups excluding carboxylic acids is 1. The van der Waals surface area contributed by atoms with Gasteiger partial charge in [-0.1, -0.05) is 12.1 Å². The van der Waals surface area contributed by atoms with Gasteiger partial charge in [0.15, 0.2) is 0 Å². The van der Waals surface area contributed by atoms with Gasteiger partial charge in [-0.15, -0.1) is 0 Å². The highest BCUT2D eigenvalue weighted by Gasteiger charge is 2.30. The third-order valence-electron chi connectivity index (χ3n) is 2.53. The highest BCUT2D eigenvalue weighted by atomic mass is 19.4. The number of carbonyl (C=O) groups is 1. The molecule has 0 aliphatic heterocycles. The summed E-state index contributed by atoms with van der Waals surface area (Å²) in [6.07, 6.45) is -5.00. The number of alkyl carbamates (subject to hydrolysis) is 1. The highest BCUT2D eigenvalue weighted by Crippen LogP contribution is 2.29. The monoisotopic (exact) mass is 304 g/mol. The average Bonchev–Trinajstić information content (AvgIpc) is 2.33. The molecule has 21 heavy (non-hydrogen) atoms. The molecule has 0 heterocycles. The summed E-state index contributed by atoms with van der Waals surface area (Å²) in [4.78, 5) is 11.4. The first-order valence-corrected chi connectivity index (χ1v) is 6.38. The predicted molar refractivity (Wildman–Crippen MR) is 72.6 cm³/mol. The van der Waals surface area contributed by atoms with Gasteiger partial charge < -0.3 is 15.8 Å². The van der Waals surface area contributed by atoms with Gasteiger partial charge in [0.25, 0.3) is 0 Å². The number of hydrogen-bond donors (Lipinski definition) is 2. The lowest BCUT2D eigenvalue weighted by Gasteiger charge is -2.21. The minimum absolute atomic E-state index is 0.0697. The third kappa shape index (κ3) is 6.03. The van der Waals surface area contributed by atoms with Gasteiger partial charge >= 0.3 is 12.3 Å². The summed E-state index contributed by atoms with van der Waals surface area (Å²) in [5.74, 6) is 0. The summed E-state index contributed by atoms with van der Waals surface area (Å²) in [5.41, 5.74) is 4.95. The molecular formula is C14H19F3N2O2. The van der Waals surface area contributed by atoms with Crippen molar-refractivity contribution in [3.05, 3.63) is 35.4 Å². The summed E-state index contributed by atoms with van der Waals surface area (Å²) in [7, 11) is 0. The number of hydrogen-bond acceptors (Lipinski definition) is 3. The van der Waals surface area contributed by atoms with Gasteiger partial charge in [-0.05, 0) is 38.5 Å². The van der Waals surface area contributed by atoms with Crippen LogP contribution in [0.15, 0.2) is 24.3 Å². The first kappa shape index (κ1) is 17.3. The number of amides is 1. The van der Waals surface area contributed by atoms with E-state index in [1.807, 2.05) is 0 Å². The van der Waals surface area contributed by atoms with E-state index in [9.17, 15) is 18.0 Å². The molecule has 1 aromatic rings. The molecule has 1 aromatic carbocycles. The van der Waals surface area contributed by atoms with E-state index in [1.54, 1.807) is 20.8 Å². The Labute approximate surface area is 121 Å². The van der Waals surface area contributed by atoms with Gasteiger partial charge in [0, 0.05) is 12.6 Å². The van der Waals surface area contributed by atoms with Crippen LogP contribution in [0, 0.1) is 0 Å². The summed E-state index contributed by atoms with van der Waals surface area (Å²) in [6.45, 7) is 5.24. The van der Waals surface area contributed by atoms with Crippen molar-refractivity contribution in [2.75, 3.05) is 6.54 Å². The van der Waals surface area contributed by atoms with Crippen LogP contribution in [-0.2, 0) is 10.9 Å². The fourth-order valence-corrected chi connectivity index (χ4v) is 1.54. The van der Waals surface area contributed by atoms with Gasteiger partial charge in [0.1, 0.15) is 5.60 Å². The lowest BCUT2D eigenvalue weighted by molar-refractivity contribution is -0.137. The van der Waals surface area contributed by atoms with Crippen molar-refractivity contribution in [1.29, 1.82) is 0 Å².